The van der Waals surface area contributed by atoms with Gasteiger partial charge in [0.25, 0.3) is 10.0 Å². The number of carbonyl (C=O) groups is 1. The van der Waals surface area contributed by atoms with E-state index in [9.17, 15) is 13.2 Å². The number of hydrogen-bond acceptors (Lipinski definition) is 4. The SMILES string of the molecule is COc1ccc(C)cc1N(CC(=O)NCc1ccccc1)S(=O)(=O)c1ccc(C)cc1. The molecule has 0 bridgehead atoms. The lowest BCUT2D eigenvalue weighted by Gasteiger charge is -2.26. The number of hydrogen-bond donors (Lipinski definition) is 1. The zero-order valence-corrected chi connectivity index (χ0v) is 18.6. The van der Waals surface area contributed by atoms with E-state index in [0.717, 1.165) is 21.0 Å². The molecular formula is C24H26N2O4S. The van der Waals surface area contributed by atoms with Gasteiger partial charge in [-0.15, -0.1) is 0 Å². The highest BCUT2D eigenvalue weighted by Gasteiger charge is 2.29. The zero-order valence-electron chi connectivity index (χ0n) is 17.8. The predicted octanol–water partition coefficient (Wildman–Crippen LogP) is 3.82. The molecule has 0 saturated heterocycles. The molecule has 0 aromatic heterocycles. The third kappa shape index (κ3) is 5.44. The number of methoxy groups -OCH3 is 1. The minimum atomic E-state index is -4.01. The van der Waals surface area contributed by atoms with E-state index in [1.54, 1.807) is 36.4 Å². The number of carbonyl (C=O) groups excluding carboxylic acids is 1. The number of sulfonamides is 1. The van der Waals surface area contributed by atoms with Crippen LogP contribution in [0.5, 0.6) is 5.75 Å². The van der Waals surface area contributed by atoms with E-state index in [1.165, 1.54) is 7.11 Å². The van der Waals surface area contributed by atoms with Crippen LogP contribution in [0.2, 0.25) is 0 Å². The van der Waals surface area contributed by atoms with Crippen molar-refractivity contribution in [2.75, 3.05) is 18.0 Å². The molecule has 162 valence electrons. The third-order valence-electron chi connectivity index (χ3n) is 4.83. The first-order chi connectivity index (χ1) is 14.8. The summed E-state index contributed by atoms with van der Waals surface area (Å²) in [7, 11) is -2.53. The smallest absolute Gasteiger partial charge is 0.264 e. The molecule has 0 heterocycles. The summed E-state index contributed by atoms with van der Waals surface area (Å²) in [6.45, 7) is 3.68. The Morgan fingerprint density at radius 2 is 1.58 bits per heavy atom. The maximum absolute atomic E-state index is 13.5. The van der Waals surface area contributed by atoms with Gasteiger partial charge in [-0.05, 0) is 49.2 Å². The van der Waals surface area contributed by atoms with Crippen LogP contribution in [-0.4, -0.2) is 28.0 Å². The standard InChI is InChI=1S/C24H26N2O4S/c1-18-9-12-21(13-10-18)31(28,29)26(22-15-19(2)11-14-23(22)30-3)17-24(27)25-16-20-7-5-4-6-8-20/h4-15H,16-17H2,1-3H3,(H,25,27). The normalized spacial score (nSPS) is 11.1. The van der Waals surface area contributed by atoms with Crippen LogP contribution in [0.25, 0.3) is 0 Å². The second-order valence-corrected chi connectivity index (χ2v) is 9.12. The van der Waals surface area contributed by atoms with Gasteiger partial charge in [0.1, 0.15) is 12.3 Å². The molecule has 6 nitrogen and oxygen atoms in total. The van der Waals surface area contributed by atoms with Gasteiger partial charge in [0, 0.05) is 6.54 Å². The first kappa shape index (κ1) is 22.4. The Balaban J connectivity index is 1.95. The van der Waals surface area contributed by atoms with Crippen LogP contribution in [0.4, 0.5) is 5.69 Å². The van der Waals surface area contributed by atoms with Crippen LogP contribution in [0, 0.1) is 13.8 Å². The summed E-state index contributed by atoms with van der Waals surface area (Å²) >= 11 is 0. The van der Waals surface area contributed by atoms with Gasteiger partial charge in [0.2, 0.25) is 5.91 Å². The summed E-state index contributed by atoms with van der Waals surface area (Å²) < 4.78 is 33.6. The van der Waals surface area contributed by atoms with Crippen LogP contribution in [0.15, 0.2) is 77.7 Å². The van der Waals surface area contributed by atoms with Crippen LogP contribution in [0.1, 0.15) is 16.7 Å². The molecule has 0 saturated carbocycles. The molecule has 0 aliphatic rings. The van der Waals surface area contributed by atoms with Gasteiger partial charge >= 0.3 is 0 Å². The molecule has 3 aromatic rings. The average Bonchev–Trinajstić information content (AvgIpc) is 2.77. The van der Waals surface area contributed by atoms with Crippen molar-refractivity contribution in [3.05, 3.63) is 89.5 Å². The molecule has 0 fully saturated rings. The van der Waals surface area contributed by atoms with Crippen molar-refractivity contribution in [1.29, 1.82) is 0 Å². The first-order valence-electron chi connectivity index (χ1n) is 9.86. The Kier molecular flexibility index (Phi) is 6.97. The van der Waals surface area contributed by atoms with Gasteiger partial charge in [-0.2, -0.15) is 0 Å². The number of aryl methyl sites for hydroxylation is 2. The van der Waals surface area contributed by atoms with E-state index >= 15 is 0 Å². The molecule has 0 spiro atoms. The first-order valence-corrected chi connectivity index (χ1v) is 11.3. The topological polar surface area (TPSA) is 75.7 Å². The number of ether oxygens (including phenoxy) is 1. The van der Waals surface area contributed by atoms with E-state index in [0.29, 0.717) is 18.0 Å². The van der Waals surface area contributed by atoms with Crippen molar-refractivity contribution < 1.29 is 17.9 Å². The Bertz CT molecular complexity index is 1140. The Morgan fingerprint density at radius 3 is 2.23 bits per heavy atom. The summed E-state index contributed by atoms with van der Waals surface area (Å²) in [5.41, 5.74) is 3.04. The monoisotopic (exact) mass is 438 g/mol. The quantitative estimate of drug-likeness (QED) is 0.580. The zero-order chi connectivity index (χ0) is 22.4. The Labute approximate surface area is 183 Å². The minimum Gasteiger partial charge on any atom is -0.495 e. The Morgan fingerprint density at radius 1 is 0.935 bits per heavy atom. The molecule has 3 aromatic carbocycles. The maximum Gasteiger partial charge on any atom is 0.264 e. The van der Waals surface area contributed by atoms with Gasteiger partial charge in [0.05, 0.1) is 17.7 Å². The molecule has 31 heavy (non-hydrogen) atoms. The second kappa shape index (κ2) is 9.66. The van der Waals surface area contributed by atoms with Crippen molar-refractivity contribution in [3.8, 4) is 5.75 Å². The average molecular weight is 439 g/mol. The van der Waals surface area contributed by atoms with E-state index in [2.05, 4.69) is 5.32 Å². The molecule has 0 atom stereocenters. The predicted molar refractivity (Wildman–Crippen MR) is 122 cm³/mol. The lowest BCUT2D eigenvalue weighted by Crippen LogP contribution is -2.41. The molecule has 1 N–H and O–H groups in total. The highest BCUT2D eigenvalue weighted by Crippen LogP contribution is 2.33. The van der Waals surface area contributed by atoms with Gasteiger partial charge in [-0.1, -0.05) is 54.1 Å². The van der Waals surface area contributed by atoms with Crippen molar-refractivity contribution in [3.63, 3.8) is 0 Å². The third-order valence-corrected chi connectivity index (χ3v) is 6.61. The van der Waals surface area contributed by atoms with Gasteiger partial charge in [0.15, 0.2) is 0 Å². The second-order valence-electron chi connectivity index (χ2n) is 7.26. The maximum atomic E-state index is 13.5. The van der Waals surface area contributed by atoms with E-state index in [4.69, 9.17) is 4.74 Å². The van der Waals surface area contributed by atoms with Crippen molar-refractivity contribution in [1.82, 2.24) is 5.32 Å². The molecule has 3 rings (SSSR count). The molecule has 7 heteroatoms. The molecule has 0 aliphatic heterocycles. The molecule has 0 unspecified atom stereocenters. The minimum absolute atomic E-state index is 0.109. The number of rotatable bonds is 8. The summed E-state index contributed by atoms with van der Waals surface area (Å²) in [5, 5.41) is 2.80. The number of anilines is 1. The van der Waals surface area contributed by atoms with E-state index in [1.807, 2.05) is 50.2 Å². The fraction of sp³-hybridized carbons (Fsp3) is 0.208. The van der Waals surface area contributed by atoms with Crippen LogP contribution < -0.4 is 14.4 Å². The fourth-order valence-corrected chi connectivity index (χ4v) is 4.54. The van der Waals surface area contributed by atoms with Crippen LogP contribution >= 0.6 is 0 Å². The number of nitrogens with zero attached hydrogens (tertiary/aromatic N) is 1. The summed E-state index contributed by atoms with van der Waals surface area (Å²) in [6.07, 6.45) is 0. The highest BCUT2D eigenvalue weighted by molar-refractivity contribution is 7.92. The molecule has 0 radical (unpaired) electrons. The fourth-order valence-electron chi connectivity index (χ4n) is 3.11. The summed E-state index contributed by atoms with van der Waals surface area (Å²) in [5.74, 6) is -0.0414. The van der Waals surface area contributed by atoms with E-state index < -0.39 is 15.9 Å². The van der Waals surface area contributed by atoms with Crippen LogP contribution in [0.3, 0.4) is 0 Å². The molecule has 1 amide bonds. The van der Waals surface area contributed by atoms with Crippen molar-refractivity contribution in [2.45, 2.75) is 25.3 Å². The lowest BCUT2D eigenvalue weighted by atomic mass is 10.2. The van der Waals surface area contributed by atoms with Crippen molar-refractivity contribution >= 4 is 21.6 Å². The largest absolute Gasteiger partial charge is 0.495 e. The lowest BCUT2D eigenvalue weighted by molar-refractivity contribution is -0.119. The number of amides is 1. The summed E-state index contributed by atoms with van der Waals surface area (Å²) in [6, 6.07) is 21.2. The van der Waals surface area contributed by atoms with Crippen LogP contribution in [-0.2, 0) is 21.4 Å². The van der Waals surface area contributed by atoms with Gasteiger partial charge in [-0.3, -0.25) is 9.10 Å². The Hall–Kier alpha value is -3.32. The van der Waals surface area contributed by atoms with Gasteiger partial charge in [-0.25, -0.2) is 8.42 Å². The van der Waals surface area contributed by atoms with Crippen molar-refractivity contribution in [2.24, 2.45) is 0 Å². The highest BCUT2D eigenvalue weighted by atomic mass is 32.2. The number of benzene rings is 3. The van der Waals surface area contributed by atoms with Gasteiger partial charge < -0.3 is 10.1 Å². The summed E-state index contributed by atoms with van der Waals surface area (Å²) in [4.78, 5) is 12.9. The molecular weight excluding hydrogens is 412 g/mol. The molecule has 0 aliphatic carbocycles. The number of nitrogens with one attached hydrogen (secondary N) is 1. The van der Waals surface area contributed by atoms with E-state index in [-0.39, 0.29) is 11.4 Å².